The maximum Gasteiger partial charge on any atom is 0.267 e. The van der Waals surface area contributed by atoms with E-state index in [4.69, 9.17) is 0 Å². The average Bonchev–Trinajstić information content (AvgIpc) is 3.07. The van der Waals surface area contributed by atoms with Crippen LogP contribution < -0.4 is 5.32 Å². The monoisotopic (exact) mass is 342 g/mol. The van der Waals surface area contributed by atoms with Gasteiger partial charge >= 0.3 is 0 Å². The summed E-state index contributed by atoms with van der Waals surface area (Å²) in [6, 6.07) is 6.27. The highest BCUT2D eigenvalue weighted by Crippen LogP contribution is 2.31. The van der Waals surface area contributed by atoms with Gasteiger partial charge in [0.1, 0.15) is 0 Å². The molecule has 3 nitrogen and oxygen atoms in total. The maximum absolute atomic E-state index is 12.3. The second kappa shape index (κ2) is 6.26. The highest BCUT2D eigenvalue weighted by Gasteiger charge is 2.15. The zero-order valence-corrected chi connectivity index (χ0v) is 15.2. The first-order valence-corrected chi connectivity index (χ1v) is 9.11. The SMILES string of the molecule is Cc1cc(C)c(-c2csc(NC(=O)c3sccc3C)n2)c(C)c1. The molecule has 0 aliphatic carbocycles. The molecule has 2 aromatic heterocycles. The summed E-state index contributed by atoms with van der Waals surface area (Å²) >= 11 is 2.91. The summed E-state index contributed by atoms with van der Waals surface area (Å²) in [4.78, 5) is 17.6. The topological polar surface area (TPSA) is 42.0 Å². The summed E-state index contributed by atoms with van der Waals surface area (Å²) in [5, 5.41) is 7.47. The molecule has 0 unspecified atom stereocenters. The number of carbonyl (C=O) groups is 1. The molecule has 3 rings (SSSR count). The number of amides is 1. The van der Waals surface area contributed by atoms with E-state index in [1.165, 1.54) is 39.4 Å². The molecule has 0 aliphatic rings. The van der Waals surface area contributed by atoms with E-state index < -0.39 is 0 Å². The Kier molecular flexibility index (Phi) is 4.33. The summed E-state index contributed by atoms with van der Waals surface area (Å²) in [5.41, 5.74) is 6.73. The van der Waals surface area contributed by atoms with Crippen molar-refractivity contribution in [2.45, 2.75) is 27.7 Å². The number of benzene rings is 1. The van der Waals surface area contributed by atoms with Crippen molar-refractivity contribution >= 4 is 33.7 Å². The van der Waals surface area contributed by atoms with Crippen LogP contribution in [0.4, 0.5) is 5.13 Å². The van der Waals surface area contributed by atoms with E-state index in [2.05, 4.69) is 43.2 Å². The minimum Gasteiger partial charge on any atom is -0.297 e. The van der Waals surface area contributed by atoms with Crippen molar-refractivity contribution in [1.82, 2.24) is 4.98 Å². The quantitative estimate of drug-likeness (QED) is 0.696. The van der Waals surface area contributed by atoms with Crippen LogP contribution >= 0.6 is 22.7 Å². The molecule has 0 aliphatic heterocycles. The van der Waals surface area contributed by atoms with Gasteiger partial charge in [-0.3, -0.25) is 10.1 Å². The van der Waals surface area contributed by atoms with Gasteiger partial charge < -0.3 is 0 Å². The average molecular weight is 342 g/mol. The van der Waals surface area contributed by atoms with E-state index >= 15 is 0 Å². The van der Waals surface area contributed by atoms with Gasteiger partial charge in [0.2, 0.25) is 0 Å². The number of hydrogen-bond donors (Lipinski definition) is 1. The molecule has 1 aromatic carbocycles. The number of aryl methyl sites for hydroxylation is 4. The minimum absolute atomic E-state index is 0.0873. The fraction of sp³-hybridized carbons (Fsp3) is 0.222. The fourth-order valence-electron chi connectivity index (χ4n) is 2.79. The van der Waals surface area contributed by atoms with Gasteiger partial charge in [-0.1, -0.05) is 17.7 Å². The molecule has 0 fully saturated rings. The third-order valence-electron chi connectivity index (χ3n) is 3.73. The largest absolute Gasteiger partial charge is 0.297 e. The molecule has 2 heterocycles. The standard InChI is InChI=1S/C18H18N2OS2/c1-10-7-12(3)15(13(4)8-10)14-9-23-18(19-14)20-17(21)16-11(2)5-6-22-16/h5-9H,1-4H3,(H,19,20,21). The van der Waals surface area contributed by atoms with Crippen molar-refractivity contribution in [2.75, 3.05) is 5.32 Å². The summed E-state index contributed by atoms with van der Waals surface area (Å²) < 4.78 is 0. The van der Waals surface area contributed by atoms with Crippen molar-refractivity contribution in [3.05, 3.63) is 56.1 Å². The van der Waals surface area contributed by atoms with Gasteiger partial charge in [-0.15, -0.1) is 22.7 Å². The Morgan fingerprint density at radius 1 is 1.04 bits per heavy atom. The molecule has 0 atom stereocenters. The summed E-state index contributed by atoms with van der Waals surface area (Å²) in [5.74, 6) is -0.0873. The van der Waals surface area contributed by atoms with Crippen molar-refractivity contribution in [3.63, 3.8) is 0 Å². The van der Waals surface area contributed by atoms with Crippen LogP contribution in [0.2, 0.25) is 0 Å². The Balaban J connectivity index is 1.87. The molecule has 118 valence electrons. The molecule has 0 saturated heterocycles. The lowest BCUT2D eigenvalue weighted by Crippen LogP contribution is -2.11. The number of anilines is 1. The molecule has 0 saturated carbocycles. The predicted octanol–water partition coefficient (Wildman–Crippen LogP) is 5.36. The first kappa shape index (κ1) is 15.9. The summed E-state index contributed by atoms with van der Waals surface area (Å²) in [6.07, 6.45) is 0. The first-order chi connectivity index (χ1) is 11.0. The van der Waals surface area contributed by atoms with Crippen LogP contribution in [0.15, 0.2) is 29.0 Å². The first-order valence-electron chi connectivity index (χ1n) is 7.35. The van der Waals surface area contributed by atoms with E-state index in [9.17, 15) is 4.79 Å². The smallest absolute Gasteiger partial charge is 0.267 e. The number of thiophene rings is 1. The van der Waals surface area contributed by atoms with E-state index in [1.807, 2.05) is 23.8 Å². The van der Waals surface area contributed by atoms with Gasteiger partial charge in [0, 0.05) is 10.9 Å². The van der Waals surface area contributed by atoms with E-state index in [1.54, 1.807) is 0 Å². The normalized spacial score (nSPS) is 10.8. The van der Waals surface area contributed by atoms with Crippen molar-refractivity contribution < 1.29 is 4.79 Å². The Hall–Kier alpha value is -1.98. The number of thiazole rings is 1. The van der Waals surface area contributed by atoms with Crippen LogP contribution in [-0.4, -0.2) is 10.9 Å². The van der Waals surface area contributed by atoms with E-state index in [-0.39, 0.29) is 5.91 Å². The highest BCUT2D eigenvalue weighted by atomic mass is 32.1. The Morgan fingerprint density at radius 2 is 1.74 bits per heavy atom. The Labute approximate surface area is 144 Å². The molecule has 3 aromatic rings. The van der Waals surface area contributed by atoms with E-state index in [0.717, 1.165) is 21.7 Å². The lowest BCUT2D eigenvalue weighted by atomic mass is 9.98. The van der Waals surface area contributed by atoms with Crippen LogP contribution in [0.1, 0.15) is 31.9 Å². The minimum atomic E-state index is -0.0873. The molecule has 23 heavy (non-hydrogen) atoms. The molecule has 0 spiro atoms. The number of aromatic nitrogens is 1. The number of carbonyl (C=O) groups excluding carboxylic acids is 1. The van der Waals surface area contributed by atoms with Gasteiger partial charge in [-0.2, -0.15) is 0 Å². The number of nitrogens with one attached hydrogen (secondary N) is 1. The van der Waals surface area contributed by atoms with Gasteiger partial charge in [-0.25, -0.2) is 4.98 Å². The highest BCUT2D eigenvalue weighted by molar-refractivity contribution is 7.14. The molecular formula is C18H18N2OS2. The Bertz CT molecular complexity index is 854. The third-order valence-corrected chi connectivity index (χ3v) is 5.50. The molecule has 1 amide bonds. The van der Waals surface area contributed by atoms with Crippen LogP contribution in [0.3, 0.4) is 0 Å². The van der Waals surface area contributed by atoms with Gasteiger partial charge in [0.25, 0.3) is 5.91 Å². The number of nitrogens with zero attached hydrogens (tertiary/aromatic N) is 1. The van der Waals surface area contributed by atoms with Crippen molar-refractivity contribution in [2.24, 2.45) is 0 Å². The predicted molar refractivity (Wildman–Crippen MR) is 98.8 cm³/mol. The number of hydrogen-bond acceptors (Lipinski definition) is 4. The molecule has 0 bridgehead atoms. The molecule has 1 N–H and O–H groups in total. The van der Waals surface area contributed by atoms with Gasteiger partial charge in [0.05, 0.1) is 10.6 Å². The van der Waals surface area contributed by atoms with E-state index in [0.29, 0.717) is 5.13 Å². The maximum atomic E-state index is 12.3. The molecule has 5 heteroatoms. The van der Waals surface area contributed by atoms with Crippen LogP contribution in [-0.2, 0) is 0 Å². The van der Waals surface area contributed by atoms with Gasteiger partial charge in [0.15, 0.2) is 5.13 Å². The Morgan fingerprint density at radius 3 is 2.35 bits per heavy atom. The van der Waals surface area contributed by atoms with Gasteiger partial charge in [-0.05, 0) is 55.8 Å². The molecular weight excluding hydrogens is 324 g/mol. The third kappa shape index (κ3) is 3.21. The van der Waals surface area contributed by atoms with Crippen LogP contribution in [0, 0.1) is 27.7 Å². The second-order valence-electron chi connectivity index (χ2n) is 5.70. The van der Waals surface area contributed by atoms with Crippen LogP contribution in [0.5, 0.6) is 0 Å². The van der Waals surface area contributed by atoms with Crippen molar-refractivity contribution in [3.8, 4) is 11.3 Å². The zero-order chi connectivity index (χ0) is 16.6. The van der Waals surface area contributed by atoms with Crippen molar-refractivity contribution in [1.29, 1.82) is 0 Å². The fourth-order valence-corrected chi connectivity index (χ4v) is 4.31. The zero-order valence-electron chi connectivity index (χ0n) is 13.6. The number of rotatable bonds is 3. The molecule has 0 radical (unpaired) electrons. The van der Waals surface area contributed by atoms with Crippen LogP contribution in [0.25, 0.3) is 11.3 Å². The lowest BCUT2D eigenvalue weighted by molar-refractivity contribution is 0.103. The second-order valence-corrected chi connectivity index (χ2v) is 7.47. The lowest BCUT2D eigenvalue weighted by Gasteiger charge is -2.08. The summed E-state index contributed by atoms with van der Waals surface area (Å²) in [6.45, 7) is 8.24. The summed E-state index contributed by atoms with van der Waals surface area (Å²) in [7, 11) is 0.